The average Bonchev–Trinajstić information content (AvgIpc) is 3.35. The highest BCUT2D eigenvalue weighted by molar-refractivity contribution is 7.07. The van der Waals surface area contributed by atoms with Gasteiger partial charge in [0.2, 0.25) is 0 Å². The van der Waals surface area contributed by atoms with Crippen molar-refractivity contribution in [1.82, 2.24) is 19.7 Å². The first-order chi connectivity index (χ1) is 12.3. The number of carbonyl (C=O) groups is 1. The molecular weight excluding hydrogens is 334 g/mol. The lowest BCUT2D eigenvalue weighted by Crippen LogP contribution is -2.27. The fourth-order valence-electron chi connectivity index (χ4n) is 2.80. The van der Waals surface area contributed by atoms with Gasteiger partial charge in [0.25, 0.3) is 0 Å². The Kier molecular flexibility index (Phi) is 4.39. The maximum atomic E-state index is 12.3. The van der Waals surface area contributed by atoms with E-state index in [0.717, 1.165) is 37.2 Å². The minimum absolute atomic E-state index is 0.178. The molecule has 0 N–H and O–H groups in total. The molecule has 4 rings (SSSR count). The molecule has 2 aromatic heterocycles. The second-order valence-electron chi connectivity index (χ2n) is 5.79. The minimum atomic E-state index is -0.178. The lowest BCUT2D eigenvalue weighted by Gasteiger charge is -2.10. The third kappa shape index (κ3) is 3.36. The van der Waals surface area contributed by atoms with Crippen molar-refractivity contribution in [2.45, 2.75) is 12.8 Å². The largest absolute Gasteiger partial charge is 0.346 e. The number of amides is 2. The summed E-state index contributed by atoms with van der Waals surface area (Å²) in [4.78, 5) is 18.9. The molecule has 3 heterocycles. The third-order valence-corrected chi connectivity index (χ3v) is 4.88. The zero-order valence-corrected chi connectivity index (χ0v) is 14.4. The first-order valence-corrected chi connectivity index (χ1v) is 9.08. The van der Waals surface area contributed by atoms with Crippen LogP contribution < -0.4 is 4.80 Å². The molecule has 7 heteroatoms. The molecule has 0 atom stereocenters. The number of aromatic nitrogens is 3. The van der Waals surface area contributed by atoms with E-state index in [1.165, 1.54) is 11.3 Å². The molecule has 1 aromatic carbocycles. The number of thiazole rings is 1. The molecule has 0 bridgehead atoms. The van der Waals surface area contributed by atoms with Crippen molar-refractivity contribution in [3.63, 3.8) is 0 Å². The van der Waals surface area contributed by atoms with Gasteiger partial charge in [-0.25, -0.2) is 4.79 Å². The Bertz CT molecular complexity index is 924. The normalized spacial score (nSPS) is 14.9. The van der Waals surface area contributed by atoms with Gasteiger partial charge in [0.1, 0.15) is 0 Å². The lowest BCUT2D eigenvalue weighted by molar-refractivity contribution is 0.218. The second-order valence-corrected chi connectivity index (χ2v) is 6.66. The van der Waals surface area contributed by atoms with Gasteiger partial charge in [0.05, 0.1) is 5.69 Å². The van der Waals surface area contributed by atoms with E-state index in [0.29, 0.717) is 10.6 Å². The number of carbonyl (C=O) groups excluding carboxylic acids is 1. The van der Waals surface area contributed by atoms with Crippen LogP contribution in [0.25, 0.3) is 17.1 Å². The van der Waals surface area contributed by atoms with Crippen LogP contribution in [0.4, 0.5) is 4.79 Å². The first-order valence-electron chi connectivity index (χ1n) is 8.20. The lowest BCUT2D eigenvalue weighted by atomic mass is 10.1. The Balaban J connectivity index is 1.63. The predicted molar refractivity (Wildman–Crippen MR) is 96.4 cm³/mol. The summed E-state index contributed by atoms with van der Waals surface area (Å²) >= 11 is 1.41. The smallest absolute Gasteiger partial charge is 0.323 e. The van der Waals surface area contributed by atoms with E-state index in [-0.39, 0.29) is 6.03 Å². The Morgan fingerprint density at radius 1 is 1.04 bits per heavy atom. The van der Waals surface area contributed by atoms with Gasteiger partial charge in [-0.1, -0.05) is 30.3 Å². The van der Waals surface area contributed by atoms with Crippen molar-refractivity contribution in [2.24, 2.45) is 4.99 Å². The van der Waals surface area contributed by atoms with E-state index in [1.54, 1.807) is 9.47 Å². The number of urea groups is 1. The molecule has 1 saturated heterocycles. The van der Waals surface area contributed by atoms with E-state index in [4.69, 9.17) is 0 Å². The van der Waals surface area contributed by atoms with Crippen molar-refractivity contribution >= 4 is 17.4 Å². The summed E-state index contributed by atoms with van der Waals surface area (Å²) in [5.41, 5.74) is 1.83. The zero-order chi connectivity index (χ0) is 17.1. The zero-order valence-electron chi connectivity index (χ0n) is 13.6. The highest BCUT2D eigenvalue weighted by Crippen LogP contribution is 2.16. The SMILES string of the molecule is O=C(/N=c1\sccn1-c1ccc(-c2ccccc2)nn1)N1CCCC1. The van der Waals surface area contributed by atoms with Gasteiger partial charge in [-0.15, -0.1) is 21.5 Å². The number of likely N-dealkylation sites (tertiary alicyclic amines) is 1. The summed E-state index contributed by atoms with van der Waals surface area (Å²) in [6.07, 6.45) is 3.96. The molecule has 0 unspecified atom stereocenters. The van der Waals surface area contributed by atoms with E-state index in [1.807, 2.05) is 54.0 Å². The topological polar surface area (TPSA) is 63.4 Å². The summed E-state index contributed by atoms with van der Waals surface area (Å²) in [6.45, 7) is 1.58. The van der Waals surface area contributed by atoms with Crippen molar-refractivity contribution in [2.75, 3.05) is 13.1 Å². The molecule has 1 aliphatic rings. The Hall–Kier alpha value is -2.80. The maximum Gasteiger partial charge on any atom is 0.346 e. The van der Waals surface area contributed by atoms with Crippen LogP contribution in [0.15, 0.2) is 59.0 Å². The van der Waals surface area contributed by atoms with Gasteiger partial charge in [-0.05, 0) is 25.0 Å². The van der Waals surface area contributed by atoms with Crippen molar-refractivity contribution < 1.29 is 4.79 Å². The number of nitrogens with zero attached hydrogens (tertiary/aromatic N) is 5. The predicted octanol–water partition coefficient (Wildman–Crippen LogP) is 3.11. The molecule has 126 valence electrons. The van der Waals surface area contributed by atoms with E-state index >= 15 is 0 Å². The van der Waals surface area contributed by atoms with Crippen LogP contribution in [0.5, 0.6) is 0 Å². The summed E-state index contributed by atoms with van der Waals surface area (Å²) in [6, 6.07) is 13.5. The standard InChI is InChI=1S/C18H17N5OS/c24-17(22-10-4-5-11-22)19-18-23(12-13-25-18)16-9-8-15(20-21-16)14-6-2-1-3-7-14/h1-3,6-9,12-13H,4-5,10-11H2/b19-18-. The third-order valence-electron chi connectivity index (χ3n) is 4.12. The van der Waals surface area contributed by atoms with Crippen LogP contribution in [-0.4, -0.2) is 38.8 Å². The Labute approximate surface area is 149 Å². The van der Waals surface area contributed by atoms with Crippen molar-refractivity contribution in [3.8, 4) is 17.1 Å². The van der Waals surface area contributed by atoms with Gasteiger partial charge in [0, 0.05) is 30.2 Å². The monoisotopic (exact) mass is 351 g/mol. The Morgan fingerprint density at radius 3 is 2.56 bits per heavy atom. The molecule has 6 nitrogen and oxygen atoms in total. The van der Waals surface area contributed by atoms with Crippen LogP contribution in [0, 0.1) is 0 Å². The fourth-order valence-corrected chi connectivity index (χ4v) is 3.51. The van der Waals surface area contributed by atoms with E-state index in [2.05, 4.69) is 15.2 Å². The van der Waals surface area contributed by atoms with Crippen LogP contribution in [-0.2, 0) is 0 Å². The van der Waals surface area contributed by atoms with Gasteiger partial charge < -0.3 is 4.90 Å². The molecular formula is C18H17N5OS. The van der Waals surface area contributed by atoms with Gasteiger partial charge in [0.15, 0.2) is 10.6 Å². The highest BCUT2D eigenvalue weighted by Gasteiger charge is 2.17. The van der Waals surface area contributed by atoms with Gasteiger partial charge in [-0.2, -0.15) is 4.99 Å². The first kappa shape index (κ1) is 15.7. The highest BCUT2D eigenvalue weighted by atomic mass is 32.1. The second kappa shape index (κ2) is 6.98. The molecule has 0 radical (unpaired) electrons. The molecule has 0 aliphatic carbocycles. The molecule has 25 heavy (non-hydrogen) atoms. The van der Waals surface area contributed by atoms with Crippen molar-refractivity contribution in [1.29, 1.82) is 0 Å². The van der Waals surface area contributed by atoms with Crippen molar-refractivity contribution in [3.05, 3.63) is 58.8 Å². The Morgan fingerprint density at radius 2 is 1.84 bits per heavy atom. The summed E-state index contributed by atoms with van der Waals surface area (Å²) in [7, 11) is 0. The molecule has 2 amide bonds. The average molecular weight is 351 g/mol. The fraction of sp³-hybridized carbons (Fsp3) is 0.222. The van der Waals surface area contributed by atoms with Crippen LogP contribution in [0.3, 0.4) is 0 Å². The van der Waals surface area contributed by atoms with Gasteiger partial charge >= 0.3 is 6.03 Å². The van der Waals surface area contributed by atoms with E-state index < -0.39 is 0 Å². The molecule has 0 saturated carbocycles. The molecule has 1 fully saturated rings. The number of rotatable bonds is 2. The number of benzene rings is 1. The molecule has 3 aromatic rings. The van der Waals surface area contributed by atoms with E-state index in [9.17, 15) is 4.79 Å². The molecule has 0 spiro atoms. The quantitative estimate of drug-likeness (QED) is 0.713. The summed E-state index contributed by atoms with van der Waals surface area (Å²) < 4.78 is 1.79. The maximum absolute atomic E-state index is 12.3. The molecule has 1 aliphatic heterocycles. The number of hydrogen-bond acceptors (Lipinski definition) is 4. The van der Waals surface area contributed by atoms with Crippen LogP contribution >= 0.6 is 11.3 Å². The summed E-state index contributed by atoms with van der Waals surface area (Å²) in [5, 5.41) is 10.5. The van der Waals surface area contributed by atoms with Gasteiger partial charge in [-0.3, -0.25) is 4.57 Å². The summed E-state index contributed by atoms with van der Waals surface area (Å²) in [5.74, 6) is 0.647. The van der Waals surface area contributed by atoms with Crippen LogP contribution in [0.1, 0.15) is 12.8 Å². The minimum Gasteiger partial charge on any atom is -0.323 e. The number of hydrogen-bond donors (Lipinski definition) is 0. The van der Waals surface area contributed by atoms with Crippen LogP contribution in [0.2, 0.25) is 0 Å².